The maximum Gasteiger partial charge on any atom is 0.293 e. The Morgan fingerprint density at radius 1 is 0.944 bits per heavy atom. The fourth-order valence-corrected chi connectivity index (χ4v) is 13.5. The van der Waals surface area contributed by atoms with Crippen molar-refractivity contribution in [2.45, 2.75) is 114 Å². The topological polar surface area (TPSA) is 184 Å². The van der Waals surface area contributed by atoms with Crippen molar-refractivity contribution in [2.75, 3.05) is 67.7 Å². The summed E-state index contributed by atoms with van der Waals surface area (Å²) in [7, 11) is -4.59. The molecule has 5 aliphatic heterocycles. The minimum Gasteiger partial charge on any atom is -0.468 e. The van der Waals surface area contributed by atoms with Gasteiger partial charge in [-0.15, -0.1) is 0 Å². The van der Waals surface area contributed by atoms with Crippen molar-refractivity contribution in [3.05, 3.63) is 106 Å². The third-order valence-corrected chi connectivity index (χ3v) is 17.9. The number of hydrogen-bond donors (Lipinski definition) is 3. The molecule has 71 heavy (non-hydrogen) atoms. The van der Waals surface area contributed by atoms with Crippen molar-refractivity contribution in [2.24, 2.45) is 16.7 Å². The minimum atomic E-state index is -4.59. The van der Waals surface area contributed by atoms with E-state index in [1.807, 2.05) is 35.4 Å². The molecule has 3 atom stereocenters. The van der Waals surface area contributed by atoms with Gasteiger partial charge in [0.2, 0.25) is 5.88 Å². The van der Waals surface area contributed by atoms with E-state index in [4.69, 9.17) is 19.2 Å². The first kappa shape index (κ1) is 47.6. The Hall–Kier alpha value is -5.75. The predicted octanol–water partition coefficient (Wildman–Crippen LogP) is 9.46. The molecule has 1 amide bonds. The number of amides is 1. The molecule has 1 aliphatic carbocycles. The maximum atomic E-state index is 14.6. The molecule has 7 heterocycles. The van der Waals surface area contributed by atoms with E-state index in [-0.39, 0.29) is 34.0 Å². The predicted molar refractivity (Wildman–Crippen MR) is 273 cm³/mol. The lowest BCUT2D eigenvalue weighted by Gasteiger charge is -2.59. The molecular formula is C54H66N8O8S. The smallest absolute Gasteiger partial charge is 0.293 e. The number of nitrogens with one attached hydrogen (secondary N) is 3. The highest BCUT2D eigenvalue weighted by Crippen LogP contribution is 2.55. The number of aromatic nitrogens is 2. The number of carbonyl (C=O) groups is 1. The Kier molecular flexibility index (Phi) is 12.5. The van der Waals surface area contributed by atoms with Gasteiger partial charge in [-0.1, -0.05) is 52.0 Å². The van der Waals surface area contributed by atoms with Gasteiger partial charge in [0.15, 0.2) is 0 Å². The third kappa shape index (κ3) is 9.23. The second kappa shape index (κ2) is 18.7. The highest BCUT2D eigenvalue weighted by Gasteiger charge is 2.51. The molecule has 0 unspecified atom stereocenters. The summed E-state index contributed by atoms with van der Waals surface area (Å²) in [6, 6.07) is 22.9. The molecule has 11 rings (SSSR count). The van der Waals surface area contributed by atoms with Crippen LogP contribution in [-0.4, -0.2) is 105 Å². The molecule has 3 aromatic carbocycles. The minimum absolute atomic E-state index is 0.114. The summed E-state index contributed by atoms with van der Waals surface area (Å²) < 4.78 is 48.4. The van der Waals surface area contributed by atoms with Crippen LogP contribution < -0.4 is 24.6 Å². The SMILES string of the molecule is CC(C)c1ccccc1[C@@H]1CCC(C)(C)CN1C1CC2(CCN(c3ccc(C(=O)NS(=O)(=O)c4ccc(NCC5CCOCC5)c([N+](=O)[O-])c4)c(N4c5cc6cc[nH]c6nc5O[C@@H]5COC[C@H]54)c3)CC2)C1. The number of carbonyl (C=O) groups excluding carboxylic acids is 1. The van der Waals surface area contributed by atoms with E-state index in [9.17, 15) is 23.3 Å². The summed E-state index contributed by atoms with van der Waals surface area (Å²) in [5.74, 6) is 0.246. The molecule has 376 valence electrons. The van der Waals surface area contributed by atoms with E-state index in [0.717, 1.165) is 62.5 Å². The molecular weight excluding hydrogens is 921 g/mol. The van der Waals surface area contributed by atoms with Gasteiger partial charge in [-0.25, -0.2) is 13.1 Å². The van der Waals surface area contributed by atoms with Crippen molar-refractivity contribution < 1.29 is 32.3 Å². The van der Waals surface area contributed by atoms with Crippen molar-refractivity contribution in [3.63, 3.8) is 0 Å². The molecule has 5 aromatic rings. The molecule has 3 N–H and O–H groups in total. The summed E-state index contributed by atoms with van der Waals surface area (Å²) in [6.45, 7) is 14.6. The van der Waals surface area contributed by atoms with Crippen LogP contribution in [0.4, 0.5) is 28.4 Å². The van der Waals surface area contributed by atoms with Crippen LogP contribution in [0.2, 0.25) is 0 Å². The van der Waals surface area contributed by atoms with Gasteiger partial charge in [0.1, 0.15) is 23.1 Å². The first-order valence-corrected chi connectivity index (χ1v) is 27.1. The fraction of sp³-hybridized carbons (Fsp3) is 0.519. The largest absolute Gasteiger partial charge is 0.468 e. The number of likely N-dealkylation sites (tertiary alicyclic amines) is 1. The number of nitrogens with zero attached hydrogens (tertiary/aromatic N) is 5. The molecule has 5 fully saturated rings. The van der Waals surface area contributed by atoms with Gasteiger partial charge in [-0.3, -0.25) is 19.8 Å². The molecule has 1 saturated carbocycles. The van der Waals surface area contributed by atoms with Crippen LogP contribution >= 0.6 is 0 Å². The van der Waals surface area contributed by atoms with Crippen LogP contribution in [0.3, 0.4) is 0 Å². The van der Waals surface area contributed by atoms with Crippen LogP contribution in [0.5, 0.6) is 5.88 Å². The zero-order chi connectivity index (χ0) is 49.2. The van der Waals surface area contributed by atoms with E-state index in [1.54, 1.807) is 6.07 Å². The van der Waals surface area contributed by atoms with Crippen molar-refractivity contribution in [1.82, 2.24) is 19.6 Å². The first-order chi connectivity index (χ1) is 34.1. The van der Waals surface area contributed by atoms with E-state index in [2.05, 4.69) is 76.8 Å². The first-order valence-electron chi connectivity index (χ1n) is 25.6. The molecule has 0 bridgehead atoms. The van der Waals surface area contributed by atoms with Gasteiger partial charge < -0.3 is 34.3 Å². The average molecular weight is 987 g/mol. The molecule has 17 heteroatoms. The number of H-pyrrole nitrogens is 1. The fourth-order valence-electron chi connectivity index (χ4n) is 12.5. The third-order valence-electron chi connectivity index (χ3n) is 16.5. The number of anilines is 4. The number of sulfonamides is 1. The normalized spacial score (nSPS) is 24.3. The Bertz CT molecular complexity index is 2940. The molecule has 1 spiro atoms. The zero-order valence-electron chi connectivity index (χ0n) is 41.2. The number of nitro benzene ring substituents is 1. The Morgan fingerprint density at radius 3 is 2.51 bits per heavy atom. The zero-order valence-corrected chi connectivity index (χ0v) is 42.0. The molecule has 4 saturated heterocycles. The van der Waals surface area contributed by atoms with Crippen LogP contribution in [0.15, 0.2) is 83.9 Å². The van der Waals surface area contributed by atoms with Gasteiger partial charge in [0, 0.05) is 74.8 Å². The number of pyridine rings is 1. The monoisotopic (exact) mass is 986 g/mol. The molecule has 0 radical (unpaired) electrons. The number of benzene rings is 3. The summed E-state index contributed by atoms with van der Waals surface area (Å²) in [5, 5.41) is 16.3. The van der Waals surface area contributed by atoms with Gasteiger partial charge in [0.25, 0.3) is 21.6 Å². The standard InChI is InChI=1S/C54H66N8O8S/c1-34(2)40-7-5-6-8-41(40)44-13-17-53(3,4)33-60(44)38-28-54(29-38)18-21-59(22-19-54)37-9-11-42(45(26-37)61-47-25-36-14-20-55-50(36)57-52(47)70-49-32-69-31-48(49)61)51(63)58-71(66,67)39-10-12-43(46(27-39)62(64)65)56-30-35-15-23-68-24-16-35/h5-12,14,20,25-27,34-35,38,44,48-49,56H,13,15-19,21-24,28-33H2,1-4H3,(H,55,57)(H,58,63)/t44-,48+,49+/m0/s1. The number of piperidine rings is 2. The van der Waals surface area contributed by atoms with Crippen LogP contribution in [0.1, 0.15) is 113 Å². The van der Waals surface area contributed by atoms with Crippen LogP contribution in [-0.2, 0) is 19.5 Å². The van der Waals surface area contributed by atoms with Gasteiger partial charge in [-0.2, -0.15) is 4.98 Å². The van der Waals surface area contributed by atoms with Crippen molar-refractivity contribution in [1.29, 1.82) is 0 Å². The van der Waals surface area contributed by atoms with Crippen LogP contribution in [0.25, 0.3) is 11.0 Å². The van der Waals surface area contributed by atoms with Crippen molar-refractivity contribution in [3.8, 4) is 5.88 Å². The van der Waals surface area contributed by atoms with E-state index < -0.39 is 37.5 Å². The van der Waals surface area contributed by atoms with Gasteiger partial charge >= 0.3 is 0 Å². The van der Waals surface area contributed by atoms with Crippen molar-refractivity contribution >= 4 is 55.4 Å². The molecule has 2 aromatic heterocycles. The van der Waals surface area contributed by atoms with Gasteiger partial charge in [-0.05, 0) is 128 Å². The van der Waals surface area contributed by atoms with E-state index in [1.165, 1.54) is 48.9 Å². The lowest BCUT2D eigenvalue weighted by Crippen LogP contribution is -2.58. The average Bonchev–Trinajstić information content (AvgIpc) is 4.02. The maximum absolute atomic E-state index is 14.6. The molecule has 6 aliphatic rings. The summed E-state index contributed by atoms with van der Waals surface area (Å²) in [5.41, 5.74) is 6.11. The molecule has 16 nitrogen and oxygen atoms in total. The van der Waals surface area contributed by atoms with Gasteiger partial charge in [0.05, 0.1) is 40.3 Å². The Labute approximate surface area is 416 Å². The lowest BCUT2D eigenvalue weighted by molar-refractivity contribution is -0.384. The number of ether oxygens (including phenoxy) is 3. The lowest BCUT2D eigenvalue weighted by atomic mass is 9.59. The summed E-state index contributed by atoms with van der Waals surface area (Å²) >= 11 is 0. The number of hydrogen-bond acceptors (Lipinski definition) is 13. The Morgan fingerprint density at radius 2 is 1.73 bits per heavy atom. The summed E-state index contributed by atoms with van der Waals surface area (Å²) in [6.07, 6.45) is 9.92. The van der Waals surface area contributed by atoms with Crippen LogP contribution in [0, 0.1) is 26.9 Å². The number of rotatable bonds is 12. The second-order valence-corrected chi connectivity index (χ2v) is 23.8. The quantitative estimate of drug-likeness (QED) is 0.0794. The second-order valence-electron chi connectivity index (χ2n) is 22.1. The number of aromatic amines is 1. The van der Waals surface area contributed by atoms with E-state index >= 15 is 0 Å². The highest BCUT2D eigenvalue weighted by atomic mass is 32.2. The number of fused-ring (bicyclic) bond motifs is 3. The highest BCUT2D eigenvalue weighted by molar-refractivity contribution is 7.90. The Balaban J connectivity index is 0.869. The van der Waals surface area contributed by atoms with E-state index in [0.29, 0.717) is 73.9 Å². The summed E-state index contributed by atoms with van der Waals surface area (Å²) in [4.78, 5) is 41.2. The number of nitro groups is 1.